The number of hydrogen-bond acceptors (Lipinski definition) is 2. The number of benzene rings is 1. The molecule has 1 aromatic carbocycles. The van der Waals surface area contributed by atoms with Gasteiger partial charge in [0, 0.05) is 16.5 Å². The van der Waals surface area contributed by atoms with Gasteiger partial charge in [-0.05, 0) is 18.4 Å². The molecule has 0 aliphatic rings. The molecule has 60 valence electrons. The molecular formula is C10H9NS. The highest BCUT2D eigenvalue weighted by atomic mass is 32.2. The molecule has 12 heavy (non-hydrogen) atoms. The Labute approximate surface area is 75.8 Å². The van der Waals surface area contributed by atoms with Gasteiger partial charge < -0.3 is 0 Å². The van der Waals surface area contributed by atoms with Gasteiger partial charge in [0.25, 0.3) is 0 Å². The highest BCUT2D eigenvalue weighted by molar-refractivity contribution is 7.98. The van der Waals surface area contributed by atoms with Crippen LogP contribution in [0.5, 0.6) is 0 Å². The molecule has 0 amide bonds. The molecule has 0 bridgehead atoms. The summed E-state index contributed by atoms with van der Waals surface area (Å²) in [5, 5.41) is 1.21. The maximum atomic E-state index is 4.33. The highest BCUT2D eigenvalue weighted by Crippen LogP contribution is 2.18. The molecule has 0 spiro atoms. The van der Waals surface area contributed by atoms with Crippen molar-refractivity contribution in [1.82, 2.24) is 4.98 Å². The van der Waals surface area contributed by atoms with Gasteiger partial charge in [0.15, 0.2) is 0 Å². The number of aromatic nitrogens is 1. The van der Waals surface area contributed by atoms with Crippen molar-refractivity contribution in [3.05, 3.63) is 36.5 Å². The normalized spacial score (nSPS) is 10.4. The topological polar surface area (TPSA) is 12.9 Å². The van der Waals surface area contributed by atoms with Crippen LogP contribution in [0.4, 0.5) is 0 Å². The molecule has 1 aromatic heterocycles. The minimum absolute atomic E-state index is 1.07. The van der Waals surface area contributed by atoms with Crippen molar-refractivity contribution in [3.63, 3.8) is 0 Å². The third-order valence-electron chi connectivity index (χ3n) is 1.80. The number of thioether (sulfide) groups is 1. The predicted molar refractivity (Wildman–Crippen MR) is 53.5 cm³/mol. The van der Waals surface area contributed by atoms with Crippen LogP contribution in [0.25, 0.3) is 10.9 Å². The van der Waals surface area contributed by atoms with Gasteiger partial charge >= 0.3 is 0 Å². The average Bonchev–Trinajstić information content (AvgIpc) is 2.17. The summed E-state index contributed by atoms with van der Waals surface area (Å²) in [5.41, 5.74) is 1.07. The third-order valence-corrected chi connectivity index (χ3v) is 2.50. The SMILES string of the molecule is CSc1cnc2ccccc2c1. The lowest BCUT2D eigenvalue weighted by molar-refractivity contribution is 1.31. The van der Waals surface area contributed by atoms with E-state index in [1.165, 1.54) is 10.3 Å². The average molecular weight is 175 g/mol. The van der Waals surface area contributed by atoms with Crippen LogP contribution >= 0.6 is 11.8 Å². The molecule has 2 aromatic rings. The molecule has 2 heteroatoms. The summed E-state index contributed by atoms with van der Waals surface area (Å²) in [7, 11) is 0. The standard InChI is InChI=1S/C10H9NS/c1-12-9-6-8-4-2-3-5-10(8)11-7-9/h2-7H,1H3. The van der Waals surface area contributed by atoms with E-state index in [-0.39, 0.29) is 0 Å². The second kappa shape index (κ2) is 3.15. The third kappa shape index (κ3) is 1.30. The van der Waals surface area contributed by atoms with Gasteiger partial charge in [-0.1, -0.05) is 18.2 Å². The number of fused-ring (bicyclic) bond motifs is 1. The van der Waals surface area contributed by atoms with E-state index in [1.807, 2.05) is 24.4 Å². The Morgan fingerprint density at radius 2 is 2.08 bits per heavy atom. The molecular weight excluding hydrogens is 166 g/mol. The van der Waals surface area contributed by atoms with Crippen molar-refractivity contribution < 1.29 is 0 Å². The van der Waals surface area contributed by atoms with Crippen LogP contribution in [-0.4, -0.2) is 11.2 Å². The molecule has 0 aliphatic heterocycles. The number of hydrogen-bond donors (Lipinski definition) is 0. The Hall–Kier alpha value is -1.02. The maximum absolute atomic E-state index is 4.33. The van der Waals surface area contributed by atoms with Crippen molar-refractivity contribution in [1.29, 1.82) is 0 Å². The molecule has 1 nitrogen and oxygen atoms in total. The van der Waals surface area contributed by atoms with Crippen LogP contribution in [0.15, 0.2) is 41.4 Å². The fraction of sp³-hybridized carbons (Fsp3) is 0.100. The molecule has 0 fully saturated rings. The van der Waals surface area contributed by atoms with E-state index < -0.39 is 0 Å². The van der Waals surface area contributed by atoms with Crippen molar-refractivity contribution in [2.24, 2.45) is 0 Å². The summed E-state index contributed by atoms with van der Waals surface area (Å²) in [4.78, 5) is 5.55. The van der Waals surface area contributed by atoms with Gasteiger partial charge in [-0.2, -0.15) is 0 Å². The zero-order valence-corrected chi connectivity index (χ0v) is 7.64. The lowest BCUT2D eigenvalue weighted by Gasteiger charge is -1.98. The summed E-state index contributed by atoms with van der Waals surface area (Å²) in [5.74, 6) is 0. The molecule has 0 saturated carbocycles. The second-order valence-corrected chi connectivity index (χ2v) is 3.45. The van der Waals surface area contributed by atoms with Crippen LogP contribution in [-0.2, 0) is 0 Å². The zero-order valence-electron chi connectivity index (χ0n) is 6.82. The van der Waals surface area contributed by atoms with E-state index in [2.05, 4.69) is 23.4 Å². The van der Waals surface area contributed by atoms with Crippen LogP contribution in [0.1, 0.15) is 0 Å². The van der Waals surface area contributed by atoms with Crippen molar-refractivity contribution in [2.45, 2.75) is 4.90 Å². The minimum atomic E-state index is 1.07. The first kappa shape index (κ1) is 7.62. The van der Waals surface area contributed by atoms with Crippen molar-refractivity contribution >= 4 is 22.7 Å². The van der Waals surface area contributed by atoms with Gasteiger partial charge in [0.1, 0.15) is 0 Å². The first-order valence-electron chi connectivity index (χ1n) is 3.79. The van der Waals surface area contributed by atoms with Crippen LogP contribution in [0.3, 0.4) is 0 Å². The van der Waals surface area contributed by atoms with Gasteiger partial charge in [-0.15, -0.1) is 11.8 Å². The Kier molecular flexibility index (Phi) is 2.00. The molecule has 2 rings (SSSR count). The smallest absolute Gasteiger partial charge is 0.0702 e. The van der Waals surface area contributed by atoms with Gasteiger partial charge in [0.05, 0.1) is 5.52 Å². The number of para-hydroxylation sites is 1. The summed E-state index contributed by atoms with van der Waals surface area (Å²) in [6.07, 6.45) is 3.97. The Bertz CT molecular complexity index is 398. The van der Waals surface area contributed by atoms with Crippen molar-refractivity contribution in [3.8, 4) is 0 Å². The van der Waals surface area contributed by atoms with Gasteiger partial charge in [-0.3, -0.25) is 4.98 Å². The molecule has 0 N–H and O–H groups in total. The van der Waals surface area contributed by atoms with E-state index in [0.29, 0.717) is 0 Å². The summed E-state index contributed by atoms with van der Waals surface area (Å²) in [6, 6.07) is 10.3. The predicted octanol–water partition coefficient (Wildman–Crippen LogP) is 2.96. The van der Waals surface area contributed by atoms with Gasteiger partial charge in [-0.25, -0.2) is 0 Å². The van der Waals surface area contributed by atoms with Crippen LogP contribution < -0.4 is 0 Å². The van der Waals surface area contributed by atoms with Crippen LogP contribution in [0, 0.1) is 0 Å². The summed E-state index contributed by atoms with van der Waals surface area (Å²) >= 11 is 1.72. The molecule has 0 aliphatic carbocycles. The fourth-order valence-electron chi connectivity index (χ4n) is 1.16. The van der Waals surface area contributed by atoms with E-state index in [4.69, 9.17) is 0 Å². The maximum Gasteiger partial charge on any atom is 0.0702 e. The first-order valence-corrected chi connectivity index (χ1v) is 5.01. The number of rotatable bonds is 1. The molecule has 1 heterocycles. The second-order valence-electron chi connectivity index (χ2n) is 2.57. The monoisotopic (exact) mass is 175 g/mol. The Balaban J connectivity index is 2.67. The number of nitrogens with zero attached hydrogens (tertiary/aromatic N) is 1. The van der Waals surface area contributed by atoms with E-state index >= 15 is 0 Å². The van der Waals surface area contributed by atoms with Crippen LogP contribution in [0.2, 0.25) is 0 Å². The van der Waals surface area contributed by atoms with E-state index in [1.54, 1.807) is 11.8 Å². The quantitative estimate of drug-likeness (QED) is 0.618. The summed E-state index contributed by atoms with van der Waals surface area (Å²) in [6.45, 7) is 0. The lowest BCUT2D eigenvalue weighted by atomic mass is 10.2. The largest absolute Gasteiger partial charge is 0.255 e. The summed E-state index contributed by atoms with van der Waals surface area (Å²) < 4.78 is 0. The van der Waals surface area contributed by atoms with E-state index in [0.717, 1.165) is 5.52 Å². The zero-order chi connectivity index (χ0) is 8.39. The Morgan fingerprint density at radius 1 is 1.25 bits per heavy atom. The molecule has 0 unspecified atom stereocenters. The molecule has 0 radical (unpaired) electrons. The fourth-order valence-corrected chi connectivity index (χ4v) is 1.57. The van der Waals surface area contributed by atoms with Crippen molar-refractivity contribution in [2.75, 3.05) is 6.26 Å². The van der Waals surface area contributed by atoms with Gasteiger partial charge in [0.2, 0.25) is 0 Å². The molecule has 0 atom stereocenters. The van der Waals surface area contributed by atoms with E-state index in [9.17, 15) is 0 Å². The number of pyridine rings is 1. The lowest BCUT2D eigenvalue weighted by Crippen LogP contribution is -1.78. The highest BCUT2D eigenvalue weighted by Gasteiger charge is 1.94. The molecule has 0 saturated heterocycles. The Morgan fingerprint density at radius 3 is 2.92 bits per heavy atom. The minimum Gasteiger partial charge on any atom is -0.255 e. The first-order chi connectivity index (χ1) is 5.90.